The number of carbonyl (C=O) groups is 1. The molecule has 3 aliphatic rings. The molecule has 2 atom stereocenters. The van der Waals surface area contributed by atoms with Crippen molar-refractivity contribution in [1.82, 2.24) is 9.80 Å². The molecule has 0 saturated carbocycles. The molecule has 2 fully saturated rings. The maximum Gasteiger partial charge on any atom is 0.222 e. The Morgan fingerprint density at radius 1 is 1.14 bits per heavy atom. The largest absolute Gasteiger partial charge is 0.496 e. The Morgan fingerprint density at radius 3 is 2.61 bits per heavy atom. The lowest BCUT2D eigenvalue weighted by atomic mass is 9.83. The topological polar surface area (TPSA) is 58.8 Å². The Morgan fingerprint density at radius 2 is 1.89 bits per heavy atom. The van der Waals surface area contributed by atoms with E-state index in [0.29, 0.717) is 37.4 Å². The highest BCUT2D eigenvalue weighted by molar-refractivity contribution is 5.85. The number of halogens is 2. The standard InChI is InChI=1S/C21H31N3O2.2ClH/c1-26-20-12-16-4-2-3-15(16)11-18(20)14-23-9-7-19-17(13-23)5-6-21(25)24(19)10-8-22;;/h11-12,17,19H,2-10,13-14,22H2,1H3;2*1H/t17-,19+;;/m0../s1. The second kappa shape index (κ2) is 10.1. The average Bonchev–Trinajstić information content (AvgIpc) is 3.11. The molecule has 0 spiro atoms. The van der Waals surface area contributed by atoms with Crippen LogP contribution in [0.3, 0.4) is 0 Å². The molecule has 0 bridgehead atoms. The van der Waals surface area contributed by atoms with Crippen LogP contribution in [0.1, 0.15) is 42.4 Å². The molecule has 0 aromatic heterocycles. The summed E-state index contributed by atoms with van der Waals surface area (Å²) < 4.78 is 5.69. The summed E-state index contributed by atoms with van der Waals surface area (Å²) >= 11 is 0. The summed E-state index contributed by atoms with van der Waals surface area (Å²) in [6, 6.07) is 5.02. The molecule has 28 heavy (non-hydrogen) atoms. The molecule has 1 aliphatic carbocycles. The van der Waals surface area contributed by atoms with Crippen LogP contribution in [0.25, 0.3) is 0 Å². The van der Waals surface area contributed by atoms with Gasteiger partial charge in [0.1, 0.15) is 5.75 Å². The smallest absolute Gasteiger partial charge is 0.222 e. The van der Waals surface area contributed by atoms with Gasteiger partial charge in [0.2, 0.25) is 5.91 Å². The van der Waals surface area contributed by atoms with Gasteiger partial charge in [-0.3, -0.25) is 9.69 Å². The Balaban J connectivity index is 0.00000140. The lowest BCUT2D eigenvalue weighted by Gasteiger charge is -2.47. The molecule has 0 radical (unpaired) electrons. The number of aryl methyl sites for hydroxylation is 2. The van der Waals surface area contributed by atoms with E-state index >= 15 is 0 Å². The number of methoxy groups -OCH3 is 1. The number of nitrogens with two attached hydrogens (primary N) is 1. The first-order valence-electron chi connectivity index (χ1n) is 10.1. The molecule has 1 amide bonds. The van der Waals surface area contributed by atoms with E-state index < -0.39 is 0 Å². The minimum absolute atomic E-state index is 0. The van der Waals surface area contributed by atoms with E-state index in [4.69, 9.17) is 10.5 Å². The van der Waals surface area contributed by atoms with E-state index in [2.05, 4.69) is 21.9 Å². The number of hydrogen-bond donors (Lipinski definition) is 1. The van der Waals surface area contributed by atoms with Gasteiger partial charge in [-0.15, -0.1) is 24.8 Å². The van der Waals surface area contributed by atoms with Crippen LogP contribution < -0.4 is 10.5 Å². The number of carbonyl (C=O) groups excluding carboxylic acids is 1. The molecule has 7 heteroatoms. The van der Waals surface area contributed by atoms with Gasteiger partial charge in [-0.05, 0) is 55.2 Å². The number of piperidine rings is 2. The highest BCUT2D eigenvalue weighted by atomic mass is 35.5. The lowest BCUT2D eigenvalue weighted by Crippen LogP contribution is -2.56. The maximum absolute atomic E-state index is 12.2. The predicted octanol–water partition coefficient (Wildman–Crippen LogP) is 2.80. The number of fused-ring (bicyclic) bond motifs is 2. The van der Waals surface area contributed by atoms with Crippen molar-refractivity contribution >= 4 is 30.7 Å². The molecule has 0 unspecified atom stereocenters. The SMILES string of the molecule is COc1cc2c(cc1CN1CC[C@@H]3[C@@H](CCC(=O)N3CCN)C1)CCC2.Cl.Cl. The maximum atomic E-state index is 12.2. The van der Waals surface area contributed by atoms with Crippen LogP contribution in [0, 0.1) is 5.92 Å². The quantitative estimate of drug-likeness (QED) is 0.781. The third-order valence-electron chi connectivity index (χ3n) is 6.49. The summed E-state index contributed by atoms with van der Waals surface area (Å²) in [6.07, 6.45) is 6.40. The fourth-order valence-electron chi connectivity index (χ4n) is 5.21. The summed E-state index contributed by atoms with van der Waals surface area (Å²) in [6.45, 7) is 4.32. The molecule has 158 valence electrons. The summed E-state index contributed by atoms with van der Waals surface area (Å²) in [7, 11) is 1.78. The van der Waals surface area contributed by atoms with Crippen LogP contribution in [0.4, 0.5) is 0 Å². The van der Waals surface area contributed by atoms with Crippen LogP contribution >= 0.6 is 24.8 Å². The van der Waals surface area contributed by atoms with Crippen LogP contribution in [0.15, 0.2) is 12.1 Å². The average molecular weight is 430 g/mol. The summed E-state index contributed by atoms with van der Waals surface area (Å²) in [5.41, 5.74) is 10.0. The molecular weight excluding hydrogens is 397 g/mol. The van der Waals surface area contributed by atoms with Crippen molar-refractivity contribution in [3.05, 3.63) is 28.8 Å². The molecule has 1 aromatic carbocycles. The number of benzene rings is 1. The normalized spacial score (nSPS) is 24.1. The van der Waals surface area contributed by atoms with Gasteiger partial charge in [-0.2, -0.15) is 0 Å². The third kappa shape index (κ3) is 4.59. The zero-order chi connectivity index (χ0) is 18.1. The van der Waals surface area contributed by atoms with Crippen LogP contribution in [-0.4, -0.2) is 55.0 Å². The van der Waals surface area contributed by atoms with E-state index in [-0.39, 0.29) is 24.8 Å². The Labute approximate surface area is 180 Å². The molecule has 1 aromatic rings. The zero-order valence-electron chi connectivity index (χ0n) is 16.7. The Hall–Kier alpha value is -1.01. The Kier molecular flexibility index (Phi) is 8.44. The van der Waals surface area contributed by atoms with Gasteiger partial charge >= 0.3 is 0 Å². The van der Waals surface area contributed by atoms with Gasteiger partial charge < -0.3 is 15.4 Å². The second-order valence-electron chi connectivity index (χ2n) is 8.05. The zero-order valence-corrected chi connectivity index (χ0v) is 18.3. The summed E-state index contributed by atoms with van der Waals surface area (Å²) in [5, 5.41) is 0. The number of hydrogen-bond acceptors (Lipinski definition) is 4. The van der Waals surface area contributed by atoms with Gasteiger partial charge in [-0.25, -0.2) is 0 Å². The highest BCUT2D eigenvalue weighted by Gasteiger charge is 2.38. The molecule has 2 N–H and O–H groups in total. The molecular formula is C21H33Cl2N3O2. The molecule has 4 rings (SSSR count). The van der Waals surface area contributed by atoms with Gasteiger partial charge in [0.05, 0.1) is 7.11 Å². The van der Waals surface area contributed by atoms with Crippen LogP contribution in [0.5, 0.6) is 5.75 Å². The lowest BCUT2D eigenvalue weighted by molar-refractivity contribution is -0.141. The molecule has 2 heterocycles. The first-order chi connectivity index (χ1) is 12.7. The van der Waals surface area contributed by atoms with Crippen molar-refractivity contribution in [1.29, 1.82) is 0 Å². The minimum atomic E-state index is 0. The van der Waals surface area contributed by atoms with Crippen molar-refractivity contribution in [3.8, 4) is 5.75 Å². The number of nitrogens with zero attached hydrogens (tertiary/aromatic N) is 2. The number of likely N-dealkylation sites (tertiary alicyclic amines) is 2. The fraction of sp³-hybridized carbons (Fsp3) is 0.667. The summed E-state index contributed by atoms with van der Waals surface area (Å²) in [5.74, 6) is 1.91. The number of amides is 1. The van der Waals surface area contributed by atoms with E-state index in [0.717, 1.165) is 38.2 Å². The van der Waals surface area contributed by atoms with Gasteiger partial charge in [0.15, 0.2) is 0 Å². The van der Waals surface area contributed by atoms with Crippen molar-refractivity contribution in [2.24, 2.45) is 11.7 Å². The van der Waals surface area contributed by atoms with Crippen LogP contribution in [0.2, 0.25) is 0 Å². The van der Waals surface area contributed by atoms with Crippen molar-refractivity contribution in [3.63, 3.8) is 0 Å². The molecule has 5 nitrogen and oxygen atoms in total. The third-order valence-corrected chi connectivity index (χ3v) is 6.49. The van der Waals surface area contributed by atoms with E-state index in [9.17, 15) is 4.79 Å². The van der Waals surface area contributed by atoms with E-state index in [1.807, 2.05) is 0 Å². The van der Waals surface area contributed by atoms with Gasteiger partial charge in [-0.1, -0.05) is 6.07 Å². The fourth-order valence-corrected chi connectivity index (χ4v) is 5.21. The van der Waals surface area contributed by atoms with E-state index in [1.165, 1.54) is 36.0 Å². The summed E-state index contributed by atoms with van der Waals surface area (Å²) in [4.78, 5) is 16.9. The minimum Gasteiger partial charge on any atom is -0.496 e. The second-order valence-corrected chi connectivity index (χ2v) is 8.05. The van der Waals surface area contributed by atoms with Gasteiger partial charge in [0, 0.05) is 50.7 Å². The monoisotopic (exact) mass is 429 g/mol. The first-order valence-corrected chi connectivity index (χ1v) is 10.1. The highest BCUT2D eigenvalue weighted by Crippen LogP contribution is 2.34. The van der Waals surface area contributed by atoms with Crippen molar-refractivity contribution in [2.75, 3.05) is 33.3 Å². The number of ether oxygens (including phenoxy) is 1. The molecule has 2 aliphatic heterocycles. The van der Waals surface area contributed by atoms with Crippen molar-refractivity contribution < 1.29 is 9.53 Å². The van der Waals surface area contributed by atoms with E-state index in [1.54, 1.807) is 7.11 Å². The van der Waals surface area contributed by atoms with Crippen LogP contribution in [-0.2, 0) is 24.2 Å². The predicted molar refractivity (Wildman–Crippen MR) is 117 cm³/mol. The molecule has 2 saturated heterocycles. The first kappa shape index (κ1) is 23.3. The van der Waals surface area contributed by atoms with Gasteiger partial charge in [0.25, 0.3) is 0 Å². The number of rotatable bonds is 5. The Bertz CT molecular complexity index is 686. The van der Waals surface area contributed by atoms with Crippen molar-refractivity contribution in [2.45, 2.75) is 51.1 Å².